The topological polar surface area (TPSA) is 12.0 Å². The van der Waals surface area contributed by atoms with Crippen LogP contribution in [0.4, 0.5) is 8.78 Å². The van der Waals surface area contributed by atoms with Gasteiger partial charge in [0.1, 0.15) is 11.6 Å². The monoisotopic (exact) mass is 339 g/mol. The lowest BCUT2D eigenvalue weighted by molar-refractivity contribution is 0.517. The van der Waals surface area contributed by atoms with Gasteiger partial charge in [-0.1, -0.05) is 34.1 Å². The number of nitrogens with one attached hydrogen (secondary N) is 1. The smallest absolute Gasteiger partial charge is 0.130 e. The van der Waals surface area contributed by atoms with Crippen LogP contribution in [0.5, 0.6) is 0 Å². The third-order valence-electron chi connectivity index (χ3n) is 3.28. The van der Waals surface area contributed by atoms with Crippen molar-refractivity contribution in [2.24, 2.45) is 0 Å². The minimum absolute atomic E-state index is 0.185. The molecule has 0 aromatic heterocycles. The highest BCUT2D eigenvalue weighted by Gasteiger charge is 2.11. The molecule has 0 saturated heterocycles. The predicted octanol–water partition coefficient (Wildman–Crippen LogP) is 4.89. The average molecular weight is 340 g/mol. The van der Waals surface area contributed by atoms with Crippen LogP contribution in [0.1, 0.15) is 29.7 Å². The first kappa shape index (κ1) is 15.1. The molecule has 1 nitrogen and oxygen atoms in total. The summed E-state index contributed by atoms with van der Waals surface area (Å²) >= 11 is 3.49. The first-order valence-corrected chi connectivity index (χ1v) is 7.20. The van der Waals surface area contributed by atoms with Crippen molar-refractivity contribution >= 4 is 15.9 Å². The van der Waals surface area contributed by atoms with Gasteiger partial charge in [0.2, 0.25) is 0 Å². The molecule has 106 valence electrons. The molecule has 0 amide bonds. The SMILES string of the molecule is Cc1ccc(CNC(C)c2ccc(F)cc2F)cc1Br. The fourth-order valence-corrected chi connectivity index (χ4v) is 2.41. The second-order valence-electron chi connectivity index (χ2n) is 4.85. The van der Waals surface area contributed by atoms with Crippen LogP contribution in [0.15, 0.2) is 40.9 Å². The molecular weight excluding hydrogens is 324 g/mol. The maximum Gasteiger partial charge on any atom is 0.130 e. The van der Waals surface area contributed by atoms with E-state index in [2.05, 4.69) is 21.2 Å². The van der Waals surface area contributed by atoms with Crippen LogP contribution >= 0.6 is 15.9 Å². The normalized spacial score (nSPS) is 12.4. The van der Waals surface area contributed by atoms with Crippen LogP contribution in [0.25, 0.3) is 0 Å². The standard InChI is InChI=1S/C16H16BrF2N/c1-10-3-4-12(7-15(10)17)9-20-11(2)14-6-5-13(18)8-16(14)19/h3-8,11,20H,9H2,1-2H3. The number of halogens is 3. The summed E-state index contributed by atoms with van der Waals surface area (Å²) in [4.78, 5) is 0. The third kappa shape index (κ3) is 3.64. The van der Waals surface area contributed by atoms with Gasteiger partial charge < -0.3 is 5.32 Å². The maximum atomic E-state index is 13.7. The van der Waals surface area contributed by atoms with Crippen molar-refractivity contribution in [2.45, 2.75) is 26.4 Å². The summed E-state index contributed by atoms with van der Waals surface area (Å²) in [5, 5.41) is 3.24. The van der Waals surface area contributed by atoms with Crippen molar-refractivity contribution in [3.8, 4) is 0 Å². The Labute approximate surface area is 126 Å². The summed E-state index contributed by atoms with van der Waals surface area (Å²) in [5.74, 6) is -1.07. The van der Waals surface area contributed by atoms with E-state index in [0.717, 1.165) is 16.1 Å². The summed E-state index contributed by atoms with van der Waals surface area (Å²) in [6.07, 6.45) is 0. The van der Waals surface area contributed by atoms with Crippen molar-refractivity contribution < 1.29 is 8.78 Å². The molecule has 0 saturated carbocycles. The molecule has 20 heavy (non-hydrogen) atoms. The number of aryl methyl sites for hydroxylation is 1. The van der Waals surface area contributed by atoms with E-state index < -0.39 is 11.6 Å². The average Bonchev–Trinajstić information content (AvgIpc) is 2.40. The van der Waals surface area contributed by atoms with E-state index in [1.165, 1.54) is 17.7 Å². The predicted molar refractivity (Wildman–Crippen MR) is 80.5 cm³/mol. The molecule has 0 fully saturated rings. The Bertz CT molecular complexity index is 613. The zero-order valence-electron chi connectivity index (χ0n) is 11.4. The molecule has 0 spiro atoms. The summed E-state index contributed by atoms with van der Waals surface area (Å²) in [5.41, 5.74) is 2.75. The lowest BCUT2D eigenvalue weighted by Gasteiger charge is -2.15. The van der Waals surface area contributed by atoms with Crippen molar-refractivity contribution in [2.75, 3.05) is 0 Å². The van der Waals surface area contributed by atoms with Crippen LogP contribution in [-0.2, 0) is 6.54 Å². The third-order valence-corrected chi connectivity index (χ3v) is 4.13. The van der Waals surface area contributed by atoms with Crippen molar-refractivity contribution in [3.05, 3.63) is 69.2 Å². The molecule has 4 heteroatoms. The molecule has 0 aliphatic carbocycles. The van der Waals surface area contributed by atoms with Crippen LogP contribution in [-0.4, -0.2) is 0 Å². The lowest BCUT2D eigenvalue weighted by Crippen LogP contribution is -2.19. The molecule has 2 aromatic rings. The van der Waals surface area contributed by atoms with Crippen LogP contribution in [0.3, 0.4) is 0 Å². The summed E-state index contributed by atoms with van der Waals surface area (Å²) < 4.78 is 27.6. The maximum absolute atomic E-state index is 13.7. The summed E-state index contributed by atoms with van der Waals surface area (Å²) in [7, 11) is 0. The van der Waals surface area contributed by atoms with Gasteiger partial charge in [-0.25, -0.2) is 8.78 Å². The molecule has 0 radical (unpaired) electrons. The zero-order chi connectivity index (χ0) is 14.7. The number of hydrogen-bond donors (Lipinski definition) is 1. The van der Waals surface area contributed by atoms with E-state index in [9.17, 15) is 8.78 Å². The highest BCUT2D eigenvalue weighted by atomic mass is 79.9. The van der Waals surface area contributed by atoms with Gasteiger partial charge in [0.05, 0.1) is 0 Å². The molecule has 2 rings (SSSR count). The number of benzene rings is 2. The minimum Gasteiger partial charge on any atom is -0.306 e. The lowest BCUT2D eigenvalue weighted by atomic mass is 10.1. The largest absolute Gasteiger partial charge is 0.306 e. The van der Waals surface area contributed by atoms with Gasteiger partial charge in [0, 0.05) is 28.7 Å². The second kappa shape index (κ2) is 6.46. The minimum atomic E-state index is -0.555. The van der Waals surface area contributed by atoms with E-state index in [0.29, 0.717) is 12.1 Å². The zero-order valence-corrected chi connectivity index (χ0v) is 13.0. The fourth-order valence-electron chi connectivity index (χ4n) is 1.98. The van der Waals surface area contributed by atoms with E-state index in [-0.39, 0.29) is 6.04 Å². The second-order valence-corrected chi connectivity index (χ2v) is 5.71. The molecule has 1 atom stereocenters. The van der Waals surface area contributed by atoms with Gasteiger partial charge in [0.15, 0.2) is 0 Å². The van der Waals surface area contributed by atoms with E-state index in [1.54, 1.807) is 0 Å². The highest BCUT2D eigenvalue weighted by molar-refractivity contribution is 9.10. The van der Waals surface area contributed by atoms with Gasteiger partial charge in [-0.2, -0.15) is 0 Å². The number of hydrogen-bond acceptors (Lipinski definition) is 1. The number of rotatable bonds is 4. The Morgan fingerprint density at radius 1 is 1.15 bits per heavy atom. The van der Waals surface area contributed by atoms with Gasteiger partial charge in [-0.15, -0.1) is 0 Å². The molecule has 2 aromatic carbocycles. The van der Waals surface area contributed by atoms with E-state index in [4.69, 9.17) is 0 Å². The molecule has 0 bridgehead atoms. The first-order valence-electron chi connectivity index (χ1n) is 6.40. The van der Waals surface area contributed by atoms with Crippen LogP contribution in [0, 0.1) is 18.6 Å². The fraction of sp³-hybridized carbons (Fsp3) is 0.250. The van der Waals surface area contributed by atoms with Gasteiger partial charge >= 0.3 is 0 Å². The van der Waals surface area contributed by atoms with Gasteiger partial charge in [-0.05, 0) is 37.1 Å². The van der Waals surface area contributed by atoms with Gasteiger partial charge in [-0.3, -0.25) is 0 Å². The summed E-state index contributed by atoms with van der Waals surface area (Å²) in [6.45, 7) is 4.51. The van der Waals surface area contributed by atoms with Crippen molar-refractivity contribution in [1.29, 1.82) is 0 Å². The van der Waals surface area contributed by atoms with E-state index >= 15 is 0 Å². The molecule has 0 aliphatic rings. The van der Waals surface area contributed by atoms with E-state index in [1.807, 2.05) is 32.0 Å². The molecular formula is C16H16BrF2N. The Morgan fingerprint density at radius 3 is 2.55 bits per heavy atom. The van der Waals surface area contributed by atoms with Crippen LogP contribution < -0.4 is 5.32 Å². The molecule has 1 N–H and O–H groups in total. The molecule has 1 unspecified atom stereocenters. The Hall–Kier alpha value is -1.26. The first-order chi connectivity index (χ1) is 9.47. The summed E-state index contributed by atoms with van der Waals surface area (Å²) in [6, 6.07) is 9.58. The Kier molecular flexibility index (Phi) is 4.89. The highest BCUT2D eigenvalue weighted by Crippen LogP contribution is 2.20. The van der Waals surface area contributed by atoms with Gasteiger partial charge in [0.25, 0.3) is 0 Å². The molecule has 0 heterocycles. The Morgan fingerprint density at radius 2 is 1.90 bits per heavy atom. The quantitative estimate of drug-likeness (QED) is 0.836. The van der Waals surface area contributed by atoms with Crippen molar-refractivity contribution in [3.63, 3.8) is 0 Å². The van der Waals surface area contributed by atoms with Crippen molar-refractivity contribution in [1.82, 2.24) is 5.32 Å². The van der Waals surface area contributed by atoms with Crippen LogP contribution in [0.2, 0.25) is 0 Å². The Balaban J connectivity index is 2.04. The molecule has 0 aliphatic heterocycles.